The molecular weight excluding hydrogens is 256 g/mol. The second-order valence-corrected chi connectivity index (χ2v) is 4.72. The van der Waals surface area contributed by atoms with Gasteiger partial charge in [0.1, 0.15) is 0 Å². The Labute approximate surface area is 119 Å². The minimum atomic E-state index is -0.311. The third-order valence-corrected chi connectivity index (χ3v) is 2.77. The minimum Gasteiger partial charge on any atom is -0.465 e. The Balaban J connectivity index is 2.53. The molecule has 1 aromatic rings. The molecular formula is C15H22N2O3. The number of anilines is 1. The van der Waals surface area contributed by atoms with Gasteiger partial charge >= 0.3 is 5.97 Å². The largest absolute Gasteiger partial charge is 0.465 e. The molecule has 5 nitrogen and oxygen atoms in total. The number of hydrogen-bond acceptors (Lipinski definition) is 4. The van der Waals surface area contributed by atoms with Gasteiger partial charge in [0.05, 0.1) is 19.7 Å². The number of hydrogen-bond donors (Lipinski definition) is 1. The quantitative estimate of drug-likeness (QED) is 0.774. The van der Waals surface area contributed by atoms with Crippen LogP contribution in [0.1, 0.15) is 20.8 Å². The molecule has 0 heterocycles. The number of benzene rings is 1. The molecule has 0 aromatic heterocycles. The molecule has 110 valence electrons. The fourth-order valence-corrected chi connectivity index (χ4v) is 1.70. The molecule has 1 amide bonds. The van der Waals surface area contributed by atoms with E-state index in [4.69, 9.17) is 4.74 Å². The molecule has 0 saturated carbocycles. The SMILES string of the molecule is CCOC(=O)CN(CC(=O)Nc1ccccc1)C(C)C. The highest BCUT2D eigenvalue weighted by Gasteiger charge is 2.18. The maximum absolute atomic E-state index is 12.0. The van der Waals surface area contributed by atoms with Crippen molar-refractivity contribution in [1.82, 2.24) is 4.90 Å². The predicted octanol–water partition coefficient (Wildman–Crippen LogP) is 1.90. The normalized spacial score (nSPS) is 10.7. The molecule has 5 heteroatoms. The van der Waals surface area contributed by atoms with Gasteiger partial charge in [0.15, 0.2) is 0 Å². The first-order valence-electron chi connectivity index (χ1n) is 6.77. The number of carbonyl (C=O) groups excluding carboxylic acids is 2. The highest BCUT2D eigenvalue weighted by molar-refractivity contribution is 5.92. The van der Waals surface area contributed by atoms with Crippen molar-refractivity contribution in [2.75, 3.05) is 25.0 Å². The number of para-hydroxylation sites is 1. The first kappa shape index (κ1) is 16.2. The zero-order valence-corrected chi connectivity index (χ0v) is 12.3. The van der Waals surface area contributed by atoms with E-state index in [1.807, 2.05) is 44.2 Å². The highest BCUT2D eigenvalue weighted by atomic mass is 16.5. The van der Waals surface area contributed by atoms with Crippen LogP contribution in [-0.2, 0) is 14.3 Å². The summed E-state index contributed by atoms with van der Waals surface area (Å²) in [5.41, 5.74) is 0.748. The fourth-order valence-electron chi connectivity index (χ4n) is 1.70. The number of nitrogens with zero attached hydrogens (tertiary/aromatic N) is 1. The maximum atomic E-state index is 12.0. The van der Waals surface area contributed by atoms with E-state index in [1.54, 1.807) is 11.8 Å². The smallest absolute Gasteiger partial charge is 0.320 e. The summed E-state index contributed by atoms with van der Waals surface area (Å²) in [5.74, 6) is -0.456. The summed E-state index contributed by atoms with van der Waals surface area (Å²) in [6, 6.07) is 9.33. The molecule has 1 N–H and O–H groups in total. The Hall–Kier alpha value is -1.88. The van der Waals surface area contributed by atoms with Gasteiger partial charge in [0.2, 0.25) is 5.91 Å². The first-order valence-corrected chi connectivity index (χ1v) is 6.77. The monoisotopic (exact) mass is 278 g/mol. The van der Waals surface area contributed by atoms with Gasteiger partial charge in [-0.3, -0.25) is 14.5 Å². The van der Waals surface area contributed by atoms with Crippen LogP contribution in [0, 0.1) is 0 Å². The highest BCUT2D eigenvalue weighted by Crippen LogP contribution is 2.06. The second-order valence-electron chi connectivity index (χ2n) is 4.72. The summed E-state index contributed by atoms with van der Waals surface area (Å²) in [6.07, 6.45) is 0. The van der Waals surface area contributed by atoms with E-state index in [0.29, 0.717) is 6.61 Å². The van der Waals surface area contributed by atoms with Gasteiger partial charge in [-0.25, -0.2) is 0 Å². The van der Waals surface area contributed by atoms with Crippen LogP contribution >= 0.6 is 0 Å². The Morgan fingerprint density at radius 2 is 1.85 bits per heavy atom. The summed E-state index contributed by atoms with van der Waals surface area (Å²) in [7, 11) is 0. The van der Waals surface area contributed by atoms with Crippen LogP contribution in [0.5, 0.6) is 0 Å². The minimum absolute atomic E-state index is 0.0842. The van der Waals surface area contributed by atoms with Crippen molar-refractivity contribution in [3.05, 3.63) is 30.3 Å². The average molecular weight is 278 g/mol. The van der Waals surface area contributed by atoms with Gasteiger partial charge in [0.25, 0.3) is 0 Å². The van der Waals surface area contributed by atoms with Gasteiger partial charge in [-0.1, -0.05) is 18.2 Å². The Kier molecular flexibility index (Phi) is 6.73. The van der Waals surface area contributed by atoms with Crippen molar-refractivity contribution in [3.8, 4) is 0 Å². The standard InChI is InChI=1S/C15H22N2O3/c1-4-20-15(19)11-17(12(2)3)10-14(18)16-13-8-6-5-7-9-13/h5-9,12H,4,10-11H2,1-3H3,(H,16,18). The summed E-state index contributed by atoms with van der Waals surface area (Å²) in [6.45, 7) is 6.27. The van der Waals surface area contributed by atoms with Crippen LogP contribution in [0.3, 0.4) is 0 Å². The summed E-state index contributed by atoms with van der Waals surface area (Å²) in [5, 5.41) is 2.80. The van der Waals surface area contributed by atoms with E-state index in [0.717, 1.165) is 5.69 Å². The first-order chi connectivity index (χ1) is 9.52. The summed E-state index contributed by atoms with van der Waals surface area (Å²) < 4.78 is 4.91. The van der Waals surface area contributed by atoms with Crippen molar-refractivity contribution < 1.29 is 14.3 Å². The topological polar surface area (TPSA) is 58.6 Å². The average Bonchev–Trinajstić information content (AvgIpc) is 2.39. The molecule has 1 aromatic carbocycles. The maximum Gasteiger partial charge on any atom is 0.320 e. The van der Waals surface area contributed by atoms with Gasteiger partial charge in [0, 0.05) is 11.7 Å². The molecule has 0 aliphatic heterocycles. The van der Waals surface area contributed by atoms with Crippen LogP contribution in [0.25, 0.3) is 0 Å². The van der Waals surface area contributed by atoms with E-state index in [-0.39, 0.29) is 31.0 Å². The van der Waals surface area contributed by atoms with Crippen molar-refractivity contribution >= 4 is 17.6 Å². The number of ether oxygens (including phenoxy) is 1. The molecule has 0 atom stereocenters. The number of carbonyl (C=O) groups is 2. The number of rotatable bonds is 7. The molecule has 0 aliphatic carbocycles. The van der Waals surface area contributed by atoms with Crippen LogP contribution in [-0.4, -0.2) is 42.5 Å². The van der Waals surface area contributed by atoms with E-state index < -0.39 is 0 Å². The van der Waals surface area contributed by atoms with E-state index in [1.165, 1.54) is 0 Å². The van der Waals surface area contributed by atoms with Gasteiger partial charge in [-0.15, -0.1) is 0 Å². The second kappa shape index (κ2) is 8.32. The molecule has 0 fully saturated rings. The van der Waals surface area contributed by atoms with Crippen molar-refractivity contribution in [2.24, 2.45) is 0 Å². The molecule has 0 aliphatic rings. The Morgan fingerprint density at radius 3 is 2.40 bits per heavy atom. The summed E-state index contributed by atoms with van der Waals surface area (Å²) >= 11 is 0. The van der Waals surface area contributed by atoms with Crippen molar-refractivity contribution in [2.45, 2.75) is 26.8 Å². The van der Waals surface area contributed by atoms with E-state index in [2.05, 4.69) is 5.32 Å². The van der Waals surface area contributed by atoms with Crippen molar-refractivity contribution in [1.29, 1.82) is 0 Å². The lowest BCUT2D eigenvalue weighted by molar-refractivity contribution is -0.145. The van der Waals surface area contributed by atoms with E-state index >= 15 is 0 Å². The predicted molar refractivity (Wildman–Crippen MR) is 78.4 cm³/mol. The molecule has 1 rings (SSSR count). The molecule has 0 unspecified atom stereocenters. The molecule has 0 radical (unpaired) electrons. The number of nitrogens with one attached hydrogen (secondary N) is 1. The third kappa shape index (κ3) is 5.84. The molecule has 0 spiro atoms. The lowest BCUT2D eigenvalue weighted by atomic mass is 10.3. The Morgan fingerprint density at radius 1 is 1.20 bits per heavy atom. The molecule has 20 heavy (non-hydrogen) atoms. The zero-order chi connectivity index (χ0) is 15.0. The van der Waals surface area contributed by atoms with Crippen LogP contribution in [0.4, 0.5) is 5.69 Å². The zero-order valence-electron chi connectivity index (χ0n) is 12.3. The van der Waals surface area contributed by atoms with E-state index in [9.17, 15) is 9.59 Å². The van der Waals surface area contributed by atoms with Crippen LogP contribution in [0.2, 0.25) is 0 Å². The number of esters is 1. The van der Waals surface area contributed by atoms with Gasteiger partial charge in [-0.2, -0.15) is 0 Å². The fraction of sp³-hybridized carbons (Fsp3) is 0.467. The lowest BCUT2D eigenvalue weighted by Crippen LogP contribution is -2.41. The van der Waals surface area contributed by atoms with Crippen LogP contribution in [0.15, 0.2) is 30.3 Å². The third-order valence-electron chi connectivity index (χ3n) is 2.77. The summed E-state index contributed by atoms with van der Waals surface area (Å²) in [4.78, 5) is 25.2. The van der Waals surface area contributed by atoms with Crippen LogP contribution < -0.4 is 5.32 Å². The molecule has 0 saturated heterocycles. The van der Waals surface area contributed by atoms with Crippen molar-refractivity contribution in [3.63, 3.8) is 0 Å². The molecule has 0 bridgehead atoms. The van der Waals surface area contributed by atoms with Gasteiger partial charge in [-0.05, 0) is 32.9 Å². The Bertz CT molecular complexity index is 432. The number of amides is 1. The van der Waals surface area contributed by atoms with Gasteiger partial charge < -0.3 is 10.1 Å². The lowest BCUT2D eigenvalue weighted by Gasteiger charge is -2.24.